The highest BCUT2D eigenvalue weighted by molar-refractivity contribution is 8.14. The highest BCUT2D eigenvalue weighted by Crippen LogP contribution is 2.40. The van der Waals surface area contributed by atoms with E-state index in [1.807, 2.05) is 11.0 Å². The van der Waals surface area contributed by atoms with E-state index in [2.05, 4.69) is 5.10 Å². The molecule has 0 spiro atoms. The van der Waals surface area contributed by atoms with Crippen molar-refractivity contribution in [2.45, 2.75) is 50.9 Å². The van der Waals surface area contributed by atoms with Crippen molar-refractivity contribution in [1.82, 2.24) is 14.7 Å². The minimum absolute atomic E-state index is 0.0139. The first-order valence-electron chi connectivity index (χ1n) is 11.9. The van der Waals surface area contributed by atoms with Gasteiger partial charge in [-0.1, -0.05) is 30.0 Å². The van der Waals surface area contributed by atoms with Crippen molar-refractivity contribution in [3.63, 3.8) is 0 Å². The van der Waals surface area contributed by atoms with Gasteiger partial charge in [-0.05, 0) is 50.0 Å². The molecular formula is C26H30FN3O4S. The van der Waals surface area contributed by atoms with Crippen LogP contribution in [0, 0.1) is 11.7 Å². The maximum Gasteiger partial charge on any atom is 0.327 e. The van der Waals surface area contributed by atoms with E-state index in [9.17, 15) is 18.8 Å². The van der Waals surface area contributed by atoms with E-state index < -0.39 is 6.04 Å². The number of benzene rings is 1. The van der Waals surface area contributed by atoms with Crippen molar-refractivity contribution in [3.8, 4) is 0 Å². The number of Topliss-reactive ketones (excluding diaryl/α,β-unsaturated/α-hetero) is 1. The molecule has 0 amide bonds. The van der Waals surface area contributed by atoms with E-state index in [1.54, 1.807) is 44.3 Å². The Hall–Kier alpha value is -2.78. The van der Waals surface area contributed by atoms with Gasteiger partial charge in [-0.25, -0.2) is 4.39 Å². The first-order chi connectivity index (χ1) is 16.9. The Morgan fingerprint density at radius 1 is 1.23 bits per heavy atom. The number of hydrogen-bond donors (Lipinski definition) is 0. The zero-order valence-electron chi connectivity index (χ0n) is 20.0. The Labute approximate surface area is 208 Å². The van der Waals surface area contributed by atoms with Crippen LogP contribution in [-0.4, -0.2) is 56.5 Å². The monoisotopic (exact) mass is 499 g/mol. The van der Waals surface area contributed by atoms with Crippen LogP contribution < -0.4 is 0 Å². The van der Waals surface area contributed by atoms with Gasteiger partial charge in [0.05, 0.1) is 18.3 Å². The van der Waals surface area contributed by atoms with Crippen LogP contribution in [0.1, 0.15) is 50.4 Å². The fourth-order valence-corrected chi connectivity index (χ4v) is 5.38. The predicted octanol–water partition coefficient (Wildman–Crippen LogP) is 4.04. The first-order valence-corrected chi connectivity index (χ1v) is 12.8. The Morgan fingerprint density at radius 3 is 2.69 bits per heavy atom. The van der Waals surface area contributed by atoms with Gasteiger partial charge in [0.1, 0.15) is 12.4 Å². The minimum Gasteiger partial charge on any atom is -0.465 e. The highest BCUT2D eigenvalue weighted by atomic mass is 32.2. The van der Waals surface area contributed by atoms with E-state index in [1.165, 1.54) is 22.5 Å². The quantitative estimate of drug-likeness (QED) is 0.482. The SMILES string of the molecule is CCOC(=O)Cn1ccc(/C=C2\CN(C(C(=O)C3CC3)c3ccccc3F)CCC2SC(C)=O)n1. The van der Waals surface area contributed by atoms with Gasteiger partial charge >= 0.3 is 5.97 Å². The van der Waals surface area contributed by atoms with Gasteiger partial charge in [-0.2, -0.15) is 5.10 Å². The number of hydrogen-bond acceptors (Lipinski definition) is 7. The molecule has 0 N–H and O–H groups in total. The van der Waals surface area contributed by atoms with Crippen LogP contribution in [0.5, 0.6) is 0 Å². The van der Waals surface area contributed by atoms with Gasteiger partial charge in [0.15, 0.2) is 10.9 Å². The first kappa shape index (κ1) is 25.3. The number of halogens is 1. The second-order valence-electron chi connectivity index (χ2n) is 8.92. The zero-order chi connectivity index (χ0) is 24.9. The zero-order valence-corrected chi connectivity index (χ0v) is 20.8. The average Bonchev–Trinajstić information content (AvgIpc) is 3.58. The fourth-order valence-electron chi connectivity index (χ4n) is 4.47. The molecule has 2 unspecified atom stereocenters. The van der Waals surface area contributed by atoms with E-state index in [0.717, 1.165) is 18.4 Å². The maximum atomic E-state index is 14.8. The molecule has 1 aliphatic carbocycles. The van der Waals surface area contributed by atoms with Gasteiger partial charge in [0.2, 0.25) is 0 Å². The van der Waals surface area contributed by atoms with Gasteiger partial charge in [0.25, 0.3) is 0 Å². The summed E-state index contributed by atoms with van der Waals surface area (Å²) in [6.45, 7) is 4.62. The number of esters is 1. The van der Waals surface area contributed by atoms with Gasteiger partial charge in [-0.3, -0.25) is 24.0 Å². The summed E-state index contributed by atoms with van der Waals surface area (Å²) >= 11 is 1.26. The molecule has 7 nitrogen and oxygen atoms in total. The number of likely N-dealkylation sites (tertiary alicyclic amines) is 1. The third kappa shape index (κ3) is 6.46. The number of ketones is 1. The molecular weight excluding hydrogens is 469 g/mol. The summed E-state index contributed by atoms with van der Waals surface area (Å²) in [7, 11) is 0. The molecule has 0 radical (unpaired) electrons. The Kier molecular flexibility index (Phi) is 8.18. The summed E-state index contributed by atoms with van der Waals surface area (Å²) in [4.78, 5) is 39.0. The van der Waals surface area contributed by atoms with Gasteiger partial charge in [-0.15, -0.1) is 0 Å². The number of nitrogens with zero attached hydrogens (tertiary/aromatic N) is 3. The normalized spacial score (nSPS) is 20.5. The van der Waals surface area contributed by atoms with E-state index in [0.29, 0.717) is 37.4 Å². The largest absolute Gasteiger partial charge is 0.465 e. The molecule has 1 aliphatic heterocycles. The van der Waals surface area contributed by atoms with E-state index >= 15 is 0 Å². The molecule has 2 heterocycles. The second-order valence-corrected chi connectivity index (χ2v) is 10.3. The molecule has 1 saturated carbocycles. The molecule has 2 aromatic rings. The van der Waals surface area contributed by atoms with Crippen LogP contribution in [0.15, 0.2) is 42.1 Å². The number of piperidine rings is 1. The van der Waals surface area contributed by atoms with Crippen molar-refractivity contribution >= 4 is 34.7 Å². The van der Waals surface area contributed by atoms with Crippen molar-refractivity contribution in [2.24, 2.45) is 5.92 Å². The Balaban J connectivity index is 1.61. The Morgan fingerprint density at radius 2 is 2.00 bits per heavy atom. The standard InChI is InChI=1S/C26H30FN3O4S/c1-3-34-24(32)16-30-13-10-20(28-30)14-19-15-29(12-11-23(19)35-17(2)31)25(26(33)18-8-9-18)21-6-4-5-7-22(21)27/h4-7,10,13-14,18,23,25H,3,8-9,11-12,15-16H2,1-2H3/b19-14+. The molecule has 4 rings (SSSR count). The topological polar surface area (TPSA) is 81.5 Å². The molecule has 1 saturated heterocycles. The number of rotatable bonds is 9. The van der Waals surface area contributed by atoms with Gasteiger partial charge < -0.3 is 4.74 Å². The lowest BCUT2D eigenvalue weighted by Crippen LogP contribution is -2.43. The third-order valence-corrected chi connectivity index (χ3v) is 7.35. The molecule has 2 fully saturated rings. The number of ether oxygens (including phenoxy) is 1. The average molecular weight is 500 g/mol. The summed E-state index contributed by atoms with van der Waals surface area (Å²) < 4.78 is 21.3. The Bertz CT molecular complexity index is 1130. The summed E-state index contributed by atoms with van der Waals surface area (Å²) in [6.07, 6.45) is 5.97. The molecule has 35 heavy (non-hydrogen) atoms. The van der Waals surface area contributed by atoms with Crippen molar-refractivity contribution in [1.29, 1.82) is 0 Å². The lowest BCUT2D eigenvalue weighted by atomic mass is 9.93. The minimum atomic E-state index is -0.656. The van der Waals surface area contributed by atoms with Crippen LogP contribution in [0.25, 0.3) is 6.08 Å². The van der Waals surface area contributed by atoms with Crippen molar-refractivity contribution < 1.29 is 23.5 Å². The lowest BCUT2D eigenvalue weighted by Gasteiger charge is -2.38. The van der Waals surface area contributed by atoms with Gasteiger partial charge in [0, 0.05) is 42.9 Å². The summed E-state index contributed by atoms with van der Waals surface area (Å²) in [6, 6.07) is 7.62. The smallest absolute Gasteiger partial charge is 0.327 e. The fraction of sp³-hybridized carbons (Fsp3) is 0.462. The highest BCUT2D eigenvalue weighted by Gasteiger charge is 2.41. The number of carbonyl (C=O) groups excluding carboxylic acids is 3. The lowest BCUT2D eigenvalue weighted by molar-refractivity contribution is -0.144. The van der Waals surface area contributed by atoms with Crippen LogP contribution in [0.4, 0.5) is 4.39 Å². The number of carbonyl (C=O) groups is 3. The van der Waals surface area contributed by atoms with E-state index in [-0.39, 0.29) is 40.4 Å². The summed E-state index contributed by atoms with van der Waals surface area (Å²) in [5.41, 5.74) is 2.00. The molecule has 186 valence electrons. The van der Waals surface area contributed by atoms with Crippen LogP contribution in [0.2, 0.25) is 0 Å². The third-order valence-electron chi connectivity index (χ3n) is 6.19. The second kappa shape index (κ2) is 11.3. The number of aromatic nitrogens is 2. The van der Waals surface area contributed by atoms with Crippen LogP contribution >= 0.6 is 11.8 Å². The summed E-state index contributed by atoms with van der Waals surface area (Å²) in [5, 5.41) is 4.41. The molecule has 2 aliphatic rings. The van der Waals surface area contributed by atoms with Crippen LogP contribution in [0.3, 0.4) is 0 Å². The molecule has 1 aromatic heterocycles. The predicted molar refractivity (Wildman–Crippen MR) is 132 cm³/mol. The van der Waals surface area contributed by atoms with Crippen LogP contribution in [-0.2, 0) is 25.7 Å². The maximum absolute atomic E-state index is 14.8. The van der Waals surface area contributed by atoms with Crippen molar-refractivity contribution in [3.05, 3.63) is 59.2 Å². The molecule has 9 heteroatoms. The van der Waals surface area contributed by atoms with Crippen molar-refractivity contribution in [2.75, 3.05) is 19.7 Å². The summed E-state index contributed by atoms with van der Waals surface area (Å²) in [5.74, 6) is -0.703. The number of thioether (sulfide) groups is 1. The molecule has 1 aromatic carbocycles. The van der Waals surface area contributed by atoms with E-state index in [4.69, 9.17) is 4.74 Å². The molecule has 2 atom stereocenters. The molecule has 0 bridgehead atoms.